The van der Waals surface area contributed by atoms with Gasteiger partial charge in [0.25, 0.3) is 0 Å². The number of methoxy groups -OCH3 is 1. The number of oxazole rings is 1. The number of aromatic nitrogens is 1. The van der Waals surface area contributed by atoms with E-state index in [1.54, 1.807) is 43.5 Å². The SMILES string of the molecule is COc1ccc(-c2nc3cc(NC(=O)/C=C/c4cccc(Cl)c4)ccc3o2)cc1Br. The van der Waals surface area contributed by atoms with Gasteiger partial charge in [0.2, 0.25) is 11.8 Å². The Morgan fingerprint density at radius 3 is 2.80 bits per heavy atom. The van der Waals surface area contributed by atoms with Crippen molar-refractivity contribution in [2.24, 2.45) is 0 Å². The molecule has 0 aliphatic carbocycles. The highest BCUT2D eigenvalue weighted by Crippen LogP contribution is 2.32. The van der Waals surface area contributed by atoms with Crippen LogP contribution in [-0.2, 0) is 4.79 Å². The fraction of sp³-hybridized carbons (Fsp3) is 0.0435. The van der Waals surface area contributed by atoms with Gasteiger partial charge in [-0.15, -0.1) is 0 Å². The van der Waals surface area contributed by atoms with Crippen molar-refractivity contribution >= 4 is 56.3 Å². The molecule has 0 spiro atoms. The summed E-state index contributed by atoms with van der Waals surface area (Å²) in [6, 6.07) is 18.2. The molecule has 5 nitrogen and oxygen atoms in total. The summed E-state index contributed by atoms with van der Waals surface area (Å²) < 4.78 is 11.9. The molecule has 0 bridgehead atoms. The minimum atomic E-state index is -0.253. The predicted molar refractivity (Wildman–Crippen MR) is 123 cm³/mol. The molecule has 1 N–H and O–H groups in total. The third-order valence-electron chi connectivity index (χ3n) is 4.33. The van der Waals surface area contributed by atoms with Crippen molar-refractivity contribution in [3.05, 3.63) is 81.8 Å². The molecular formula is C23H16BrClN2O3. The maximum Gasteiger partial charge on any atom is 0.248 e. The lowest BCUT2D eigenvalue weighted by Gasteiger charge is -2.03. The zero-order valence-electron chi connectivity index (χ0n) is 15.9. The first-order valence-corrected chi connectivity index (χ1v) is 10.2. The highest BCUT2D eigenvalue weighted by atomic mass is 79.9. The minimum Gasteiger partial charge on any atom is -0.496 e. The van der Waals surface area contributed by atoms with Crippen molar-refractivity contribution in [3.63, 3.8) is 0 Å². The van der Waals surface area contributed by atoms with Gasteiger partial charge in [-0.1, -0.05) is 23.7 Å². The van der Waals surface area contributed by atoms with E-state index in [-0.39, 0.29) is 5.91 Å². The van der Waals surface area contributed by atoms with E-state index in [1.807, 2.05) is 30.3 Å². The number of hydrogen-bond donors (Lipinski definition) is 1. The van der Waals surface area contributed by atoms with E-state index in [2.05, 4.69) is 26.2 Å². The summed E-state index contributed by atoms with van der Waals surface area (Å²) in [7, 11) is 1.61. The van der Waals surface area contributed by atoms with Crippen molar-refractivity contribution in [2.75, 3.05) is 12.4 Å². The van der Waals surface area contributed by atoms with Crippen molar-refractivity contribution in [3.8, 4) is 17.2 Å². The first-order chi connectivity index (χ1) is 14.5. The molecule has 3 aromatic carbocycles. The lowest BCUT2D eigenvalue weighted by molar-refractivity contribution is -0.111. The van der Waals surface area contributed by atoms with E-state index < -0.39 is 0 Å². The lowest BCUT2D eigenvalue weighted by atomic mass is 10.2. The summed E-state index contributed by atoms with van der Waals surface area (Å²) in [6.07, 6.45) is 3.16. The number of amides is 1. The van der Waals surface area contributed by atoms with Crippen LogP contribution >= 0.6 is 27.5 Å². The molecule has 4 aromatic rings. The van der Waals surface area contributed by atoms with E-state index in [1.165, 1.54) is 6.08 Å². The Morgan fingerprint density at radius 2 is 2.03 bits per heavy atom. The van der Waals surface area contributed by atoms with Gasteiger partial charge in [-0.2, -0.15) is 0 Å². The monoisotopic (exact) mass is 482 g/mol. The second-order valence-electron chi connectivity index (χ2n) is 6.43. The molecular weight excluding hydrogens is 468 g/mol. The number of carbonyl (C=O) groups excluding carboxylic acids is 1. The fourth-order valence-electron chi connectivity index (χ4n) is 2.89. The first kappa shape index (κ1) is 20.2. The van der Waals surface area contributed by atoms with Gasteiger partial charge in [-0.05, 0) is 76.1 Å². The molecule has 1 aromatic heterocycles. The number of ether oxygens (including phenoxy) is 1. The minimum absolute atomic E-state index is 0.253. The Balaban J connectivity index is 1.52. The number of fused-ring (bicyclic) bond motifs is 1. The quantitative estimate of drug-likeness (QED) is 0.326. The summed E-state index contributed by atoms with van der Waals surface area (Å²) in [5.74, 6) is 0.959. The molecule has 1 heterocycles. The second-order valence-corrected chi connectivity index (χ2v) is 7.72. The molecule has 0 saturated heterocycles. The Bertz CT molecular complexity index is 1270. The normalized spacial score (nSPS) is 11.2. The standard InChI is InChI=1S/C23H16BrClN2O3/c1-29-20-8-6-15(12-18(20)24)23-27-19-13-17(7-9-21(19)30-23)26-22(28)10-5-14-3-2-4-16(25)11-14/h2-13H,1H3,(H,26,28)/b10-5+. The van der Waals surface area contributed by atoms with Crippen LogP contribution in [0.25, 0.3) is 28.6 Å². The van der Waals surface area contributed by atoms with Crippen LogP contribution in [0.15, 0.2) is 75.6 Å². The van der Waals surface area contributed by atoms with E-state index in [4.69, 9.17) is 20.8 Å². The van der Waals surface area contributed by atoms with Crippen LogP contribution in [0.2, 0.25) is 5.02 Å². The highest BCUT2D eigenvalue weighted by Gasteiger charge is 2.11. The van der Waals surface area contributed by atoms with Crippen molar-refractivity contribution in [1.82, 2.24) is 4.98 Å². The van der Waals surface area contributed by atoms with Gasteiger partial charge >= 0.3 is 0 Å². The summed E-state index contributed by atoms with van der Waals surface area (Å²) in [4.78, 5) is 16.8. The summed E-state index contributed by atoms with van der Waals surface area (Å²) in [5.41, 5.74) is 3.56. The number of halogens is 2. The molecule has 0 saturated carbocycles. The highest BCUT2D eigenvalue weighted by molar-refractivity contribution is 9.10. The third-order valence-corrected chi connectivity index (χ3v) is 5.18. The molecule has 0 radical (unpaired) electrons. The van der Waals surface area contributed by atoms with Gasteiger partial charge in [0.1, 0.15) is 11.3 Å². The summed E-state index contributed by atoms with van der Waals surface area (Å²) >= 11 is 9.42. The zero-order valence-corrected chi connectivity index (χ0v) is 18.2. The Labute approximate surface area is 186 Å². The number of anilines is 1. The van der Waals surface area contributed by atoms with Crippen molar-refractivity contribution < 1.29 is 13.9 Å². The Morgan fingerprint density at radius 1 is 1.17 bits per heavy atom. The molecule has 0 unspecified atom stereocenters. The fourth-order valence-corrected chi connectivity index (χ4v) is 3.63. The van der Waals surface area contributed by atoms with Crippen molar-refractivity contribution in [2.45, 2.75) is 0 Å². The van der Waals surface area contributed by atoms with Crippen LogP contribution in [0.4, 0.5) is 5.69 Å². The van der Waals surface area contributed by atoms with Gasteiger partial charge in [0, 0.05) is 22.3 Å². The maximum atomic E-state index is 12.2. The molecule has 0 atom stereocenters. The van der Waals surface area contributed by atoms with Crippen LogP contribution in [-0.4, -0.2) is 18.0 Å². The van der Waals surface area contributed by atoms with E-state index >= 15 is 0 Å². The molecule has 4 rings (SSSR count). The number of benzene rings is 3. The molecule has 0 aliphatic rings. The third kappa shape index (κ3) is 4.56. The Kier molecular flexibility index (Phi) is 5.88. The Hall–Kier alpha value is -3.09. The summed E-state index contributed by atoms with van der Waals surface area (Å²) in [6.45, 7) is 0. The van der Waals surface area contributed by atoms with Crippen LogP contribution in [0.1, 0.15) is 5.56 Å². The van der Waals surface area contributed by atoms with Gasteiger partial charge in [-0.3, -0.25) is 4.79 Å². The molecule has 0 fully saturated rings. The molecule has 0 aliphatic heterocycles. The summed E-state index contributed by atoms with van der Waals surface area (Å²) in [5, 5.41) is 3.45. The van der Waals surface area contributed by atoms with E-state index in [9.17, 15) is 4.79 Å². The van der Waals surface area contributed by atoms with Crippen molar-refractivity contribution in [1.29, 1.82) is 0 Å². The van der Waals surface area contributed by atoms with Crippen LogP contribution in [0.3, 0.4) is 0 Å². The van der Waals surface area contributed by atoms with Crippen LogP contribution in [0.5, 0.6) is 5.75 Å². The van der Waals surface area contributed by atoms with E-state index in [0.29, 0.717) is 27.7 Å². The van der Waals surface area contributed by atoms with Gasteiger partial charge in [0.15, 0.2) is 5.58 Å². The predicted octanol–water partition coefficient (Wildman–Crippen LogP) is 6.57. The first-order valence-electron chi connectivity index (χ1n) is 9.01. The van der Waals surface area contributed by atoms with Gasteiger partial charge in [-0.25, -0.2) is 4.98 Å². The average Bonchev–Trinajstić information content (AvgIpc) is 3.16. The smallest absolute Gasteiger partial charge is 0.248 e. The molecule has 7 heteroatoms. The largest absolute Gasteiger partial charge is 0.496 e. The second kappa shape index (κ2) is 8.73. The molecule has 1 amide bonds. The average molecular weight is 484 g/mol. The van der Waals surface area contributed by atoms with Gasteiger partial charge < -0.3 is 14.5 Å². The van der Waals surface area contributed by atoms with E-state index in [0.717, 1.165) is 21.3 Å². The number of rotatable bonds is 5. The zero-order chi connectivity index (χ0) is 21.1. The number of carbonyl (C=O) groups is 1. The number of nitrogens with one attached hydrogen (secondary N) is 1. The van der Waals surface area contributed by atoms with Gasteiger partial charge in [0.05, 0.1) is 11.6 Å². The number of hydrogen-bond acceptors (Lipinski definition) is 4. The topological polar surface area (TPSA) is 64.4 Å². The van der Waals surface area contributed by atoms with Crippen LogP contribution < -0.4 is 10.1 Å². The lowest BCUT2D eigenvalue weighted by Crippen LogP contribution is -2.07. The molecule has 30 heavy (non-hydrogen) atoms. The van der Waals surface area contributed by atoms with Crippen LogP contribution in [0, 0.1) is 0 Å². The number of nitrogens with zero attached hydrogens (tertiary/aromatic N) is 1. The maximum absolute atomic E-state index is 12.2. The molecule has 150 valence electrons.